The average molecular weight is 384 g/mol. The predicted molar refractivity (Wildman–Crippen MR) is 88.2 cm³/mol. The van der Waals surface area contributed by atoms with Crippen LogP contribution in [-0.2, 0) is 16.8 Å². The number of rotatable bonds is 9. The third-order valence-corrected chi connectivity index (χ3v) is 5.81. The van der Waals surface area contributed by atoms with Crippen molar-refractivity contribution in [1.82, 2.24) is 14.3 Å². The molecule has 0 aliphatic carbocycles. The van der Waals surface area contributed by atoms with Crippen LogP contribution in [0.1, 0.15) is 25.1 Å². The Morgan fingerprint density at radius 2 is 2.10 bits per heavy atom. The van der Waals surface area contributed by atoms with Gasteiger partial charge in [-0.05, 0) is 41.0 Å². The van der Waals surface area contributed by atoms with Gasteiger partial charge in [0.1, 0.15) is 0 Å². The molecule has 0 spiro atoms. The van der Waals surface area contributed by atoms with Crippen molar-refractivity contribution in [3.63, 3.8) is 0 Å². The number of hydrogen-bond acceptors (Lipinski definition) is 4. The third kappa shape index (κ3) is 6.64. The zero-order chi connectivity index (χ0) is 15.2. The molecule has 0 aliphatic heterocycles. The summed E-state index contributed by atoms with van der Waals surface area (Å²) in [5, 5.41) is 3.27. The summed E-state index contributed by atoms with van der Waals surface area (Å²) in [6.07, 6.45) is 0.792. The van der Waals surface area contributed by atoms with E-state index in [1.807, 2.05) is 12.1 Å². The minimum Gasteiger partial charge on any atom is -0.314 e. The Morgan fingerprint density at radius 1 is 1.40 bits per heavy atom. The molecule has 1 aromatic heterocycles. The number of thiophene rings is 1. The van der Waals surface area contributed by atoms with Crippen molar-refractivity contribution in [1.29, 1.82) is 0 Å². The van der Waals surface area contributed by atoms with Gasteiger partial charge in [-0.3, -0.25) is 0 Å². The van der Waals surface area contributed by atoms with Crippen LogP contribution in [0.3, 0.4) is 0 Å². The fourth-order valence-electron chi connectivity index (χ4n) is 1.53. The highest BCUT2D eigenvalue weighted by Gasteiger charge is 2.16. The maximum absolute atomic E-state index is 12.0. The second kappa shape index (κ2) is 8.45. The van der Waals surface area contributed by atoms with E-state index in [1.54, 1.807) is 7.05 Å². The highest BCUT2D eigenvalue weighted by Crippen LogP contribution is 2.21. The Kier molecular flexibility index (Phi) is 7.63. The van der Waals surface area contributed by atoms with Gasteiger partial charge in [0, 0.05) is 31.1 Å². The van der Waals surface area contributed by atoms with E-state index in [9.17, 15) is 8.42 Å². The zero-order valence-corrected chi connectivity index (χ0v) is 15.2. The van der Waals surface area contributed by atoms with E-state index >= 15 is 0 Å². The van der Waals surface area contributed by atoms with E-state index in [2.05, 4.69) is 39.8 Å². The number of hydrogen-bond donors (Lipinski definition) is 2. The molecule has 2 N–H and O–H groups in total. The minimum absolute atomic E-state index is 0.327. The van der Waals surface area contributed by atoms with Crippen molar-refractivity contribution in [2.45, 2.75) is 32.9 Å². The molecule has 0 aliphatic rings. The molecule has 20 heavy (non-hydrogen) atoms. The molecule has 8 heteroatoms. The molecule has 0 saturated carbocycles. The van der Waals surface area contributed by atoms with Crippen LogP contribution >= 0.6 is 27.3 Å². The highest BCUT2D eigenvalue weighted by molar-refractivity contribution is 9.11. The standard InChI is InChI=1S/C12H22BrN3O2S2/c1-10(2)14-7-4-8-16(3)20(17,18)15-9-11-5-6-12(13)19-11/h5-6,10,14-15H,4,7-9H2,1-3H3. The van der Waals surface area contributed by atoms with Crippen molar-refractivity contribution in [2.24, 2.45) is 0 Å². The van der Waals surface area contributed by atoms with Gasteiger partial charge >= 0.3 is 0 Å². The molecule has 1 aromatic rings. The molecule has 0 unspecified atom stereocenters. The van der Waals surface area contributed by atoms with E-state index in [-0.39, 0.29) is 0 Å². The number of nitrogens with one attached hydrogen (secondary N) is 2. The van der Waals surface area contributed by atoms with Crippen LogP contribution in [0, 0.1) is 0 Å². The Hall–Kier alpha value is 0.01000. The van der Waals surface area contributed by atoms with Crippen LogP contribution in [0.2, 0.25) is 0 Å². The summed E-state index contributed by atoms with van der Waals surface area (Å²) in [6, 6.07) is 4.24. The molecule has 1 heterocycles. The molecule has 1 rings (SSSR count). The lowest BCUT2D eigenvalue weighted by Crippen LogP contribution is -2.39. The van der Waals surface area contributed by atoms with Crippen LogP contribution in [0.15, 0.2) is 15.9 Å². The monoisotopic (exact) mass is 383 g/mol. The summed E-state index contributed by atoms with van der Waals surface area (Å²) in [6.45, 7) is 5.79. The van der Waals surface area contributed by atoms with Gasteiger partial charge in [0.15, 0.2) is 0 Å². The number of halogens is 1. The van der Waals surface area contributed by atoms with Crippen molar-refractivity contribution in [2.75, 3.05) is 20.1 Å². The van der Waals surface area contributed by atoms with Crippen molar-refractivity contribution >= 4 is 37.5 Å². The van der Waals surface area contributed by atoms with E-state index in [4.69, 9.17) is 0 Å². The molecular weight excluding hydrogens is 362 g/mol. The molecule has 0 fully saturated rings. The molecular formula is C12H22BrN3O2S2. The van der Waals surface area contributed by atoms with Crippen molar-refractivity contribution in [3.05, 3.63) is 20.8 Å². The highest BCUT2D eigenvalue weighted by atomic mass is 79.9. The molecule has 0 atom stereocenters. The molecule has 0 saturated heterocycles. The lowest BCUT2D eigenvalue weighted by Gasteiger charge is -2.18. The van der Waals surface area contributed by atoms with Crippen LogP contribution in [0.5, 0.6) is 0 Å². The van der Waals surface area contributed by atoms with Gasteiger partial charge in [0.05, 0.1) is 3.79 Å². The fourth-order valence-corrected chi connectivity index (χ4v) is 3.97. The van der Waals surface area contributed by atoms with Crippen LogP contribution in [0.25, 0.3) is 0 Å². The van der Waals surface area contributed by atoms with E-state index in [0.29, 0.717) is 19.1 Å². The van der Waals surface area contributed by atoms with E-state index in [1.165, 1.54) is 15.6 Å². The lowest BCUT2D eigenvalue weighted by molar-refractivity contribution is 0.439. The van der Waals surface area contributed by atoms with Crippen molar-refractivity contribution < 1.29 is 8.42 Å². The van der Waals surface area contributed by atoms with Crippen LogP contribution < -0.4 is 10.0 Å². The van der Waals surface area contributed by atoms with Crippen molar-refractivity contribution in [3.8, 4) is 0 Å². The summed E-state index contributed by atoms with van der Waals surface area (Å²) >= 11 is 4.89. The molecule has 0 amide bonds. The minimum atomic E-state index is -3.40. The molecule has 0 aromatic carbocycles. The summed E-state index contributed by atoms with van der Waals surface area (Å²) in [4.78, 5) is 0.982. The normalized spacial score (nSPS) is 12.5. The molecule has 0 radical (unpaired) electrons. The Bertz CT molecular complexity index is 503. The summed E-state index contributed by atoms with van der Waals surface area (Å²) < 4.78 is 29.0. The van der Waals surface area contributed by atoms with Crippen LogP contribution in [-0.4, -0.2) is 38.9 Å². The first-order chi connectivity index (χ1) is 9.31. The summed E-state index contributed by atoms with van der Waals surface area (Å²) in [5.41, 5.74) is 0. The molecule has 0 bridgehead atoms. The van der Waals surface area contributed by atoms with E-state index in [0.717, 1.165) is 21.6 Å². The first-order valence-electron chi connectivity index (χ1n) is 6.50. The lowest BCUT2D eigenvalue weighted by atomic mass is 10.3. The number of nitrogens with zero attached hydrogens (tertiary/aromatic N) is 1. The van der Waals surface area contributed by atoms with Gasteiger partial charge < -0.3 is 5.32 Å². The smallest absolute Gasteiger partial charge is 0.279 e. The quantitative estimate of drug-likeness (QED) is 0.642. The molecule has 116 valence electrons. The second-order valence-corrected chi connectivity index (χ2v) is 9.23. The summed E-state index contributed by atoms with van der Waals surface area (Å²) in [5.74, 6) is 0. The Morgan fingerprint density at radius 3 is 2.65 bits per heavy atom. The largest absolute Gasteiger partial charge is 0.314 e. The Balaban J connectivity index is 2.35. The van der Waals surface area contributed by atoms with Gasteiger partial charge in [-0.1, -0.05) is 13.8 Å². The van der Waals surface area contributed by atoms with Gasteiger partial charge in [-0.25, -0.2) is 0 Å². The van der Waals surface area contributed by atoms with E-state index < -0.39 is 10.2 Å². The topological polar surface area (TPSA) is 61.4 Å². The zero-order valence-electron chi connectivity index (χ0n) is 12.0. The summed E-state index contributed by atoms with van der Waals surface area (Å²) in [7, 11) is -1.80. The van der Waals surface area contributed by atoms with Gasteiger partial charge in [-0.15, -0.1) is 11.3 Å². The van der Waals surface area contributed by atoms with Gasteiger partial charge in [0.2, 0.25) is 0 Å². The van der Waals surface area contributed by atoms with Crippen LogP contribution in [0.4, 0.5) is 0 Å². The maximum Gasteiger partial charge on any atom is 0.279 e. The maximum atomic E-state index is 12.0. The second-order valence-electron chi connectivity index (χ2n) is 4.82. The average Bonchev–Trinajstić information content (AvgIpc) is 2.77. The first kappa shape index (κ1) is 18.1. The van der Waals surface area contributed by atoms with Gasteiger partial charge in [0.25, 0.3) is 10.2 Å². The molecule has 5 nitrogen and oxygen atoms in total. The predicted octanol–water partition coefficient (Wildman–Crippen LogP) is 2.16. The third-order valence-electron chi connectivity index (χ3n) is 2.67. The SMILES string of the molecule is CC(C)NCCCN(C)S(=O)(=O)NCc1ccc(Br)s1. The first-order valence-corrected chi connectivity index (χ1v) is 9.54. The fraction of sp³-hybridized carbons (Fsp3) is 0.667. The van der Waals surface area contributed by atoms with Gasteiger partial charge in [-0.2, -0.15) is 17.4 Å². The Labute approximate surface area is 134 Å².